The lowest BCUT2D eigenvalue weighted by Gasteiger charge is -2.17. The van der Waals surface area contributed by atoms with Crippen LogP contribution in [0.15, 0.2) is 60.7 Å². The molecule has 8 heteroatoms. The Balaban J connectivity index is 1.70. The molecule has 2 heterocycles. The Morgan fingerprint density at radius 1 is 0.595 bits per heavy atom. The molecule has 0 saturated heterocycles. The standard InChI is InChI=1S/C34H42N4O4/c1-5-41-33-25(21-35-17-19-39)13-15-31(37-33)29-11-7-9-27(23(29)3)28-10-8-12-30(24(28)4)32-16-14-26(22-36-18-20-40)34(38-32)42-6-2/h7-16,35-36,39-40H,5-6,17-22H2,1-4H3. The molecular formula is C34H42N4O4. The highest BCUT2D eigenvalue weighted by Gasteiger charge is 2.16. The van der Waals surface area contributed by atoms with Crippen LogP contribution < -0.4 is 20.1 Å². The average molecular weight is 571 g/mol. The number of ether oxygens (including phenoxy) is 2. The Morgan fingerprint density at radius 3 is 1.38 bits per heavy atom. The maximum Gasteiger partial charge on any atom is 0.218 e. The van der Waals surface area contributed by atoms with Crippen LogP contribution in [0, 0.1) is 13.8 Å². The number of benzene rings is 2. The van der Waals surface area contributed by atoms with E-state index >= 15 is 0 Å². The van der Waals surface area contributed by atoms with Crippen LogP contribution in [-0.2, 0) is 13.1 Å². The summed E-state index contributed by atoms with van der Waals surface area (Å²) in [5.74, 6) is 1.21. The minimum Gasteiger partial charge on any atom is -0.478 e. The van der Waals surface area contributed by atoms with Crippen LogP contribution >= 0.6 is 0 Å². The Hall–Kier alpha value is -3.82. The van der Waals surface area contributed by atoms with Gasteiger partial charge in [0, 0.05) is 48.4 Å². The fourth-order valence-electron chi connectivity index (χ4n) is 5.05. The second-order valence-electron chi connectivity index (χ2n) is 9.94. The molecule has 0 radical (unpaired) electrons. The van der Waals surface area contributed by atoms with Gasteiger partial charge in [-0.05, 0) is 62.1 Å². The number of aromatic nitrogens is 2. The van der Waals surface area contributed by atoms with E-state index in [-0.39, 0.29) is 13.2 Å². The van der Waals surface area contributed by atoms with Crippen molar-refractivity contribution in [2.75, 3.05) is 39.5 Å². The largest absolute Gasteiger partial charge is 0.478 e. The Morgan fingerprint density at radius 2 is 1.00 bits per heavy atom. The van der Waals surface area contributed by atoms with Gasteiger partial charge in [0.05, 0.1) is 37.8 Å². The molecule has 4 N–H and O–H groups in total. The Bertz CT molecular complexity index is 1360. The zero-order chi connectivity index (χ0) is 29.9. The molecule has 0 aliphatic rings. The van der Waals surface area contributed by atoms with Crippen molar-refractivity contribution in [2.24, 2.45) is 0 Å². The van der Waals surface area contributed by atoms with Gasteiger partial charge in [0.2, 0.25) is 11.8 Å². The molecule has 0 amide bonds. The monoisotopic (exact) mass is 570 g/mol. The van der Waals surface area contributed by atoms with E-state index < -0.39 is 0 Å². The van der Waals surface area contributed by atoms with E-state index in [9.17, 15) is 0 Å². The lowest BCUT2D eigenvalue weighted by molar-refractivity contribution is 0.289. The fraction of sp³-hybridized carbons (Fsp3) is 0.353. The molecule has 2 aromatic carbocycles. The highest BCUT2D eigenvalue weighted by Crippen LogP contribution is 2.37. The van der Waals surface area contributed by atoms with Gasteiger partial charge in [-0.3, -0.25) is 0 Å². The summed E-state index contributed by atoms with van der Waals surface area (Å²) in [5.41, 5.74) is 10.2. The van der Waals surface area contributed by atoms with E-state index in [4.69, 9.17) is 29.7 Å². The van der Waals surface area contributed by atoms with Crippen LogP contribution in [0.4, 0.5) is 0 Å². The summed E-state index contributed by atoms with van der Waals surface area (Å²) in [6.07, 6.45) is 0. The van der Waals surface area contributed by atoms with Crippen LogP contribution in [0.3, 0.4) is 0 Å². The summed E-state index contributed by atoms with van der Waals surface area (Å²) >= 11 is 0. The van der Waals surface area contributed by atoms with Gasteiger partial charge in [-0.25, -0.2) is 9.97 Å². The molecule has 4 rings (SSSR count). The lowest BCUT2D eigenvalue weighted by atomic mass is 9.89. The SMILES string of the molecule is CCOc1nc(-c2cccc(-c3cccc(-c4ccc(CNCCO)c(OCC)n4)c3C)c2C)ccc1CNCCO. The van der Waals surface area contributed by atoms with E-state index in [0.717, 1.165) is 55.9 Å². The summed E-state index contributed by atoms with van der Waals surface area (Å²) in [6, 6.07) is 20.8. The highest BCUT2D eigenvalue weighted by atomic mass is 16.5. The molecule has 0 unspecified atom stereocenters. The van der Waals surface area contributed by atoms with E-state index in [1.165, 1.54) is 0 Å². The number of rotatable bonds is 15. The van der Waals surface area contributed by atoms with Crippen LogP contribution in [0.2, 0.25) is 0 Å². The van der Waals surface area contributed by atoms with E-state index in [2.05, 4.69) is 60.9 Å². The zero-order valence-corrected chi connectivity index (χ0v) is 25.0. The van der Waals surface area contributed by atoms with E-state index in [0.29, 0.717) is 51.2 Å². The van der Waals surface area contributed by atoms with Crippen LogP contribution in [0.25, 0.3) is 33.6 Å². The van der Waals surface area contributed by atoms with Gasteiger partial charge in [-0.15, -0.1) is 0 Å². The first kappa shape index (κ1) is 31.1. The summed E-state index contributed by atoms with van der Waals surface area (Å²) in [7, 11) is 0. The minimum absolute atomic E-state index is 0.0834. The molecule has 8 nitrogen and oxygen atoms in total. The summed E-state index contributed by atoms with van der Waals surface area (Å²) in [5, 5.41) is 24.6. The molecule has 222 valence electrons. The summed E-state index contributed by atoms with van der Waals surface area (Å²) < 4.78 is 11.8. The van der Waals surface area contributed by atoms with E-state index in [1.54, 1.807) is 0 Å². The third kappa shape index (κ3) is 7.33. The molecule has 0 aliphatic heterocycles. The molecule has 4 aromatic rings. The first-order valence-electron chi connectivity index (χ1n) is 14.6. The van der Waals surface area contributed by atoms with Crippen molar-refractivity contribution in [3.8, 4) is 45.4 Å². The smallest absolute Gasteiger partial charge is 0.218 e. The molecule has 0 spiro atoms. The number of nitrogens with zero attached hydrogens (tertiary/aromatic N) is 2. The van der Waals surface area contributed by atoms with Crippen molar-refractivity contribution in [3.05, 3.63) is 82.9 Å². The van der Waals surface area contributed by atoms with Crippen molar-refractivity contribution in [2.45, 2.75) is 40.8 Å². The molecule has 0 atom stereocenters. The number of aliphatic hydroxyl groups is 2. The number of hydrogen-bond donors (Lipinski definition) is 4. The number of hydrogen-bond acceptors (Lipinski definition) is 8. The van der Waals surface area contributed by atoms with Gasteiger partial charge >= 0.3 is 0 Å². The predicted octanol–water partition coefficient (Wildman–Crippen LogP) is 5.06. The molecule has 0 bridgehead atoms. The fourth-order valence-corrected chi connectivity index (χ4v) is 5.05. The third-order valence-corrected chi connectivity index (χ3v) is 7.16. The van der Waals surface area contributed by atoms with Crippen molar-refractivity contribution in [1.29, 1.82) is 0 Å². The van der Waals surface area contributed by atoms with Crippen LogP contribution in [-0.4, -0.2) is 59.7 Å². The Labute approximate surface area is 248 Å². The molecule has 0 fully saturated rings. The van der Waals surface area contributed by atoms with Crippen molar-refractivity contribution >= 4 is 0 Å². The third-order valence-electron chi connectivity index (χ3n) is 7.16. The second kappa shape index (κ2) is 15.4. The quantitative estimate of drug-likeness (QED) is 0.147. The first-order valence-corrected chi connectivity index (χ1v) is 14.6. The minimum atomic E-state index is 0.0834. The molecule has 42 heavy (non-hydrogen) atoms. The molecule has 0 saturated carbocycles. The maximum absolute atomic E-state index is 9.11. The molecule has 0 aliphatic carbocycles. The van der Waals surface area contributed by atoms with Crippen molar-refractivity contribution in [1.82, 2.24) is 20.6 Å². The van der Waals surface area contributed by atoms with Gasteiger partial charge in [-0.1, -0.05) is 48.5 Å². The lowest BCUT2D eigenvalue weighted by Crippen LogP contribution is -2.18. The second-order valence-corrected chi connectivity index (χ2v) is 9.94. The Kier molecular flexibility index (Phi) is 11.4. The number of aliphatic hydroxyl groups excluding tert-OH is 2. The molecular weight excluding hydrogens is 528 g/mol. The van der Waals surface area contributed by atoms with Gasteiger partial charge in [0.1, 0.15) is 0 Å². The van der Waals surface area contributed by atoms with Gasteiger partial charge in [0.25, 0.3) is 0 Å². The van der Waals surface area contributed by atoms with Crippen LogP contribution in [0.5, 0.6) is 11.8 Å². The summed E-state index contributed by atoms with van der Waals surface area (Å²) in [4.78, 5) is 9.78. The average Bonchev–Trinajstić information content (AvgIpc) is 3.00. The summed E-state index contributed by atoms with van der Waals surface area (Å²) in [6.45, 7) is 11.6. The zero-order valence-electron chi connectivity index (χ0n) is 25.0. The van der Waals surface area contributed by atoms with Crippen LogP contribution in [0.1, 0.15) is 36.1 Å². The first-order chi connectivity index (χ1) is 20.5. The molecule has 2 aromatic heterocycles. The van der Waals surface area contributed by atoms with Crippen molar-refractivity contribution < 1.29 is 19.7 Å². The topological polar surface area (TPSA) is 109 Å². The van der Waals surface area contributed by atoms with Gasteiger partial charge in [0.15, 0.2) is 0 Å². The highest BCUT2D eigenvalue weighted by molar-refractivity contribution is 5.82. The number of pyridine rings is 2. The normalized spacial score (nSPS) is 11.1. The van der Waals surface area contributed by atoms with Crippen molar-refractivity contribution in [3.63, 3.8) is 0 Å². The maximum atomic E-state index is 9.11. The van der Waals surface area contributed by atoms with E-state index in [1.807, 2.05) is 38.1 Å². The predicted molar refractivity (Wildman–Crippen MR) is 168 cm³/mol. The van der Waals surface area contributed by atoms with Gasteiger partial charge < -0.3 is 30.3 Å². The number of nitrogens with one attached hydrogen (secondary N) is 2. The van der Waals surface area contributed by atoms with Gasteiger partial charge in [-0.2, -0.15) is 0 Å².